The van der Waals surface area contributed by atoms with E-state index in [9.17, 15) is 18.3 Å². The normalized spacial score (nSPS) is 11.2. The highest BCUT2D eigenvalue weighted by atomic mass is 32.2. The van der Waals surface area contributed by atoms with E-state index in [-0.39, 0.29) is 17.0 Å². The SMILES string of the molecule is COc1ccc(Oc2ccc(SCCNS(=O)(=O)c3ccc(C)c(C(=O)O)c3)cc2)cc1. The summed E-state index contributed by atoms with van der Waals surface area (Å²) in [5.74, 6) is 1.49. The molecule has 0 radical (unpaired) electrons. The van der Waals surface area contributed by atoms with Crippen LogP contribution in [0.2, 0.25) is 0 Å². The van der Waals surface area contributed by atoms with Crippen molar-refractivity contribution in [3.05, 3.63) is 77.9 Å². The zero-order chi connectivity index (χ0) is 23.1. The van der Waals surface area contributed by atoms with Crippen molar-refractivity contribution in [2.24, 2.45) is 0 Å². The minimum absolute atomic E-state index is 0.0285. The average molecular weight is 474 g/mol. The molecule has 0 atom stereocenters. The largest absolute Gasteiger partial charge is 0.497 e. The molecule has 0 aromatic heterocycles. The minimum atomic E-state index is -3.79. The van der Waals surface area contributed by atoms with Crippen molar-refractivity contribution in [1.82, 2.24) is 4.72 Å². The van der Waals surface area contributed by atoms with Crippen LogP contribution in [0.25, 0.3) is 0 Å². The van der Waals surface area contributed by atoms with Crippen molar-refractivity contribution in [3.8, 4) is 17.2 Å². The van der Waals surface area contributed by atoms with Gasteiger partial charge in [0.15, 0.2) is 0 Å². The van der Waals surface area contributed by atoms with Crippen molar-refractivity contribution in [1.29, 1.82) is 0 Å². The molecular formula is C23H23NO6S2. The molecule has 7 nitrogen and oxygen atoms in total. The zero-order valence-electron chi connectivity index (χ0n) is 17.6. The second-order valence-electron chi connectivity index (χ2n) is 6.78. The number of carboxylic acids is 1. The molecular weight excluding hydrogens is 450 g/mol. The highest BCUT2D eigenvalue weighted by molar-refractivity contribution is 7.99. The molecule has 9 heteroatoms. The summed E-state index contributed by atoms with van der Waals surface area (Å²) in [5.41, 5.74) is 0.477. The van der Waals surface area contributed by atoms with Gasteiger partial charge in [0.1, 0.15) is 17.2 Å². The summed E-state index contributed by atoms with van der Waals surface area (Å²) >= 11 is 1.49. The average Bonchev–Trinajstić information content (AvgIpc) is 2.78. The number of carboxylic acid groups (broad SMARTS) is 1. The second-order valence-corrected chi connectivity index (χ2v) is 9.71. The van der Waals surface area contributed by atoms with Gasteiger partial charge in [-0.3, -0.25) is 0 Å². The molecule has 0 saturated carbocycles. The minimum Gasteiger partial charge on any atom is -0.497 e. The number of benzene rings is 3. The smallest absolute Gasteiger partial charge is 0.335 e. The molecule has 0 aliphatic rings. The molecule has 0 aliphatic heterocycles. The highest BCUT2D eigenvalue weighted by Crippen LogP contribution is 2.26. The van der Waals surface area contributed by atoms with Gasteiger partial charge in [-0.25, -0.2) is 17.9 Å². The van der Waals surface area contributed by atoms with Crippen LogP contribution in [0.5, 0.6) is 17.2 Å². The molecule has 0 amide bonds. The second kappa shape index (κ2) is 10.5. The van der Waals surface area contributed by atoms with Gasteiger partial charge >= 0.3 is 5.97 Å². The van der Waals surface area contributed by atoms with Gasteiger partial charge in [-0.15, -0.1) is 11.8 Å². The number of ether oxygens (including phenoxy) is 2. The van der Waals surface area contributed by atoms with Crippen LogP contribution in [0, 0.1) is 6.92 Å². The predicted octanol–water partition coefficient (Wildman–Crippen LogP) is 4.56. The van der Waals surface area contributed by atoms with E-state index in [0.29, 0.717) is 22.8 Å². The van der Waals surface area contributed by atoms with Crippen LogP contribution in [-0.4, -0.2) is 38.9 Å². The number of sulfonamides is 1. The summed E-state index contributed by atoms with van der Waals surface area (Å²) in [6, 6.07) is 18.8. The summed E-state index contributed by atoms with van der Waals surface area (Å²) < 4.78 is 38.3. The lowest BCUT2D eigenvalue weighted by Crippen LogP contribution is -2.26. The molecule has 3 aromatic rings. The van der Waals surface area contributed by atoms with Gasteiger partial charge in [0.25, 0.3) is 0 Å². The quantitative estimate of drug-likeness (QED) is 0.329. The van der Waals surface area contributed by atoms with Crippen LogP contribution < -0.4 is 14.2 Å². The van der Waals surface area contributed by atoms with Gasteiger partial charge in [-0.1, -0.05) is 6.07 Å². The Morgan fingerprint density at radius 2 is 1.56 bits per heavy atom. The van der Waals surface area contributed by atoms with E-state index < -0.39 is 16.0 Å². The number of methoxy groups -OCH3 is 1. The Morgan fingerprint density at radius 1 is 0.969 bits per heavy atom. The standard InChI is InChI=1S/C23H23NO6S2/c1-16-3-12-21(15-22(16)23(25)26)32(27,28)24-13-14-31-20-10-8-19(9-11-20)30-18-6-4-17(29-2)5-7-18/h3-12,15,24H,13-14H2,1-2H3,(H,25,26). The lowest BCUT2D eigenvalue weighted by Gasteiger charge is -2.09. The summed E-state index contributed by atoms with van der Waals surface area (Å²) in [6.07, 6.45) is 0. The van der Waals surface area contributed by atoms with E-state index in [1.165, 1.54) is 30.0 Å². The van der Waals surface area contributed by atoms with E-state index >= 15 is 0 Å². The van der Waals surface area contributed by atoms with Crippen molar-refractivity contribution >= 4 is 27.8 Å². The Balaban J connectivity index is 1.51. The van der Waals surface area contributed by atoms with Crippen molar-refractivity contribution < 1.29 is 27.8 Å². The fourth-order valence-electron chi connectivity index (χ4n) is 2.81. The molecule has 0 unspecified atom stereocenters. The Bertz CT molecular complexity index is 1180. The monoisotopic (exact) mass is 473 g/mol. The van der Waals surface area contributed by atoms with Crippen molar-refractivity contribution in [2.45, 2.75) is 16.7 Å². The van der Waals surface area contributed by atoms with E-state index in [0.717, 1.165) is 10.6 Å². The van der Waals surface area contributed by atoms with Gasteiger partial charge < -0.3 is 14.6 Å². The van der Waals surface area contributed by atoms with Gasteiger partial charge in [0.05, 0.1) is 17.6 Å². The predicted molar refractivity (Wildman–Crippen MR) is 124 cm³/mol. The van der Waals surface area contributed by atoms with E-state index in [2.05, 4.69) is 4.72 Å². The number of carbonyl (C=O) groups is 1. The van der Waals surface area contributed by atoms with Crippen LogP contribution >= 0.6 is 11.8 Å². The highest BCUT2D eigenvalue weighted by Gasteiger charge is 2.17. The first-order valence-corrected chi connectivity index (χ1v) is 12.1. The third-order valence-electron chi connectivity index (χ3n) is 4.53. The molecule has 3 rings (SSSR count). The van der Waals surface area contributed by atoms with Crippen LogP contribution in [0.15, 0.2) is 76.5 Å². The molecule has 168 valence electrons. The van der Waals surface area contributed by atoms with Crippen molar-refractivity contribution in [2.75, 3.05) is 19.4 Å². The number of aromatic carboxylic acids is 1. The number of nitrogens with one attached hydrogen (secondary N) is 1. The summed E-state index contributed by atoms with van der Waals surface area (Å²) in [4.78, 5) is 12.1. The first-order chi connectivity index (χ1) is 15.3. The number of hydrogen-bond donors (Lipinski definition) is 2. The fourth-order valence-corrected chi connectivity index (χ4v) is 4.77. The summed E-state index contributed by atoms with van der Waals surface area (Å²) in [6.45, 7) is 1.82. The van der Waals surface area contributed by atoms with Gasteiger partial charge in [-0.05, 0) is 73.2 Å². The van der Waals surface area contributed by atoms with Crippen LogP contribution in [-0.2, 0) is 10.0 Å². The number of rotatable bonds is 10. The van der Waals surface area contributed by atoms with E-state index in [4.69, 9.17) is 9.47 Å². The maximum absolute atomic E-state index is 12.5. The van der Waals surface area contributed by atoms with Gasteiger partial charge in [0, 0.05) is 17.2 Å². The van der Waals surface area contributed by atoms with E-state index in [1.54, 1.807) is 14.0 Å². The lowest BCUT2D eigenvalue weighted by molar-refractivity contribution is 0.0696. The first kappa shape index (κ1) is 23.6. The van der Waals surface area contributed by atoms with Crippen LogP contribution in [0.1, 0.15) is 15.9 Å². The molecule has 0 fully saturated rings. The van der Waals surface area contributed by atoms with Crippen LogP contribution in [0.3, 0.4) is 0 Å². The summed E-state index contributed by atoms with van der Waals surface area (Å²) in [5, 5.41) is 9.19. The molecule has 32 heavy (non-hydrogen) atoms. The Morgan fingerprint density at radius 3 is 2.16 bits per heavy atom. The van der Waals surface area contributed by atoms with E-state index in [1.807, 2.05) is 48.5 Å². The third-order valence-corrected chi connectivity index (χ3v) is 7.00. The summed E-state index contributed by atoms with van der Waals surface area (Å²) in [7, 11) is -2.18. The molecule has 0 heterocycles. The number of aryl methyl sites for hydroxylation is 1. The zero-order valence-corrected chi connectivity index (χ0v) is 19.2. The molecule has 2 N–H and O–H groups in total. The van der Waals surface area contributed by atoms with Gasteiger partial charge in [-0.2, -0.15) is 0 Å². The molecule has 0 aliphatic carbocycles. The molecule has 0 bridgehead atoms. The Kier molecular flexibility index (Phi) is 7.79. The first-order valence-electron chi connectivity index (χ1n) is 9.67. The topological polar surface area (TPSA) is 102 Å². The molecule has 3 aromatic carbocycles. The molecule has 0 spiro atoms. The maximum Gasteiger partial charge on any atom is 0.335 e. The maximum atomic E-state index is 12.5. The fraction of sp³-hybridized carbons (Fsp3) is 0.174. The lowest BCUT2D eigenvalue weighted by atomic mass is 10.1. The van der Waals surface area contributed by atoms with Gasteiger partial charge in [0.2, 0.25) is 10.0 Å². The Labute approximate surface area is 191 Å². The number of hydrogen-bond acceptors (Lipinski definition) is 6. The molecule has 0 saturated heterocycles. The Hall–Kier alpha value is -3.01. The third kappa shape index (κ3) is 6.25. The van der Waals surface area contributed by atoms with Crippen molar-refractivity contribution in [3.63, 3.8) is 0 Å². The number of thioether (sulfide) groups is 1. The van der Waals surface area contributed by atoms with Crippen LogP contribution in [0.4, 0.5) is 0 Å².